The first kappa shape index (κ1) is 38.0. The standard InChI is InChI=1S/C32H42Cl4N2O6/c1-5-7-9-23(41-27-17-21(33)11-13-25(27)35)19-29(37-3)43-31(39)15-16-32(40)44-30(38-4)20-24(10-8-6-2)42-28-18-22(34)12-14-26(28)36/h11-18,23-24,29-30,37-38H,5-10,19-20H2,1-4H3/b16-15+. The van der Waals surface area contributed by atoms with E-state index in [9.17, 15) is 9.59 Å². The summed E-state index contributed by atoms with van der Waals surface area (Å²) in [7, 11) is 3.34. The van der Waals surface area contributed by atoms with Gasteiger partial charge in [-0.05, 0) is 51.2 Å². The zero-order chi connectivity index (χ0) is 32.5. The molecule has 0 aliphatic heterocycles. The fraction of sp³-hybridized carbons (Fsp3) is 0.500. The van der Waals surface area contributed by atoms with Crippen molar-refractivity contribution in [2.24, 2.45) is 0 Å². The second-order valence-electron chi connectivity index (χ2n) is 10.1. The van der Waals surface area contributed by atoms with Crippen molar-refractivity contribution >= 4 is 58.3 Å². The molecule has 4 atom stereocenters. The highest BCUT2D eigenvalue weighted by molar-refractivity contribution is 6.34. The Morgan fingerprint density at radius 1 is 0.705 bits per heavy atom. The number of benzene rings is 2. The van der Waals surface area contributed by atoms with E-state index in [0.29, 0.717) is 44.4 Å². The fourth-order valence-electron chi connectivity index (χ4n) is 4.23. The molecule has 0 aliphatic carbocycles. The summed E-state index contributed by atoms with van der Waals surface area (Å²) in [4.78, 5) is 25.2. The summed E-state index contributed by atoms with van der Waals surface area (Å²) in [6.07, 6.45) is 5.98. The Bertz CT molecular complexity index is 1120. The molecule has 0 aromatic heterocycles. The molecule has 0 saturated heterocycles. The summed E-state index contributed by atoms with van der Waals surface area (Å²) in [5.74, 6) is -0.503. The number of unbranched alkanes of at least 4 members (excludes halogenated alkanes) is 2. The number of carbonyl (C=O) groups excluding carboxylic acids is 2. The number of ether oxygens (including phenoxy) is 4. The highest BCUT2D eigenvalue weighted by atomic mass is 35.5. The van der Waals surface area contributed by atoms with E-state index in [1.807, 2.05) is 0 Å². The van der Waals surface area contributed by atoms with Crippen molar-refractivity contribution in [1.82, 2.24) is 10.6 Å². The largest absolute Gasteiger partial charge is 0.489 e. The van der Waals surface area contributed by atoms with Gasteiger partial charge < -0.3 is 18.9 Å². The molecule has 0 radical (unpaired) electrons. The summed E-state index contributed by atoms with van der Waals surface area (Å²) in [5, 5.41) is 7.82. The summed E-state index contributed by atoms with van der Waals surface area (Å²) in [5.41, 5.74) is 0. The monoisotopic (exact) mass is 690 g/mol. The van der Waals surface area contributed by atoms with E-state index < -0.39 is 24.4 Å². The van der Waals surface area contributed by atoms with Crippen LogP contribution in [0.2, 0.25) is 20.1 Å². The molecule has 0 saturated carbocycles. The minimum absolute atomic E-state index is 0.300. The average molecular weight is 693 g/mol. The lowest BCUT2D eigenvalue weighted by atomic mass is 10.1. The van der Waals surface area contributed by atoms with Gasteiger partial charge in [-0.1, -0.05) is 85.9 Å². The maximum Gasteiger partial charge on any atom is 0.332 e. The first-order chi connectivity index (χ1) is 21.1. The molecule has 2 aromatic rings. The number of carbonyl (C=O) groups is 2. The van der Waals surface area contributed by atoms with Crippen molar-refractivity contribution in [1.29, 1.82) is 0 Å². The lowest BCUT2D eigenvalue weighted by molar-refractivity contribution is -0.148. The topological polar surface area (TPSA) is 95.1 Å². The van der Waals surface area contributed by atoms with Crippen molar-refractivity contribution in [2.75, 3.05) is 14.1 Å². The van der Waals surface area contributed by atoms with Crippen LogP contribution in [-0.2, 0) is 19.1 Å². The predicted octanol–water partition coefficient (Wildman–Crippen LogP) is 8.39. The van der Waals surface area contributed by atoms with E-state index >= 15 is 0 Å². The molecule has 2 rings (SSSR count). The van der Waals surface area contributed by atoms with Crippen LogP contribution in [0.3, 0.4) is 0 Å². The van der Waals surface area contributed by atoms with Crippen LogP contribution < -0.4 is 20.1 Å². The zero-order valence-electron chi connectivity index (χ0n) is 25.5. The Labute approximate surface area is 280 Å². The first-order valence-electron chi connectivity index (χ1n) is 14.8. The van der Waals surface area contributed by atoms with Crippen LogP contribution >= 0.6 is 46.4 Å². The first-order valence-corrected chi connectivity index (χ1v) is 16.3. The number of halogens is 4. The molecule has 244 valence electrons. The molecule has 44 heavy (non-hydrogen) atoms. The third-order valence-electron chi connectivity index (χ3n) is 6.60. The van der Waals surface area contributed by atoms with Gasteiger partial charge in [-0.2, -0.15) is 0 Å². The quantitative estimate of drug-likeness (QED) is 0.0812. The van der Waals surface area contributed by atoms with E-state index in [-0.39, 0.29) is 12.2 Å². The molecule has 2 aromatic carbocycles. The van der Waals surface area contributed by atoms with Crippen LogP contribution in [-0.4, -0.2) is 50.7 Å². The van der Waals surface area contributed by atoms with E-state index in [1.165, 1.54) is 0 Å². The normalized spacial score (nSPS) is 14.1. The molecular formula is C32H42Cl4N2O6. The Balaban J connectivity index is 1.97. The van der Waals surface area contributed by atoms with Gasteiger partial charge in [0.15, 0.2) is 12.5 Å². The van der Waals surface area contributed by atoms with Gasteiger partial charge in [-0.15, -0.1) is 0 Å². The third kappa shape index (κ3) is 14.3. The summed E-state index contributed by atoms with van der Waals surface area (Å²) >= 11 is 24.8. The lowest BCUT2D eigenvalue weighted by Crippen LogP contribution is -2.36. The number of hydrogen-bond acceptors (Lipinski definition) is 8. The number of nitrogens with one attached hydrogen (secondary N) is 2. The zero-order valence-corrected chi connectivity index (χ0v) is 28.6. The summed E-state index contributed by atoms with van der Waals surface area (Å²) in [6, 6.07) is 10.0. The van der Waals surface area contributed by atoms with Crippen molar-refractivity contribution in [3.8, 4) is 11.5 Å². The van der Waals surface area contributed by atoms with E-state index in [2.05, 4.69) is 24.5 Å². The SMILES string of the molecule is CCCCC(CC(NC)OC(=O)/C=C/C(=O)OC(CC(CCCC)Oc1cc(Cl)ccc1Cl)NC)Oc1cc(Cl)ccc1Cl. The van der Waals surface area contributed by atoms with Gasteiger partial charge >= 0.3 is 11.9 Å². The van der Waals surface area contributed by atoms with Gasteiger partial charge in [-0.3, -0.25) is 10.6 Å². The second kappa shape index (κ2) is 20.8. The van der Waals surface area contributed by atoms with Crippen LogP contribution in [0.5, 0.6) is 11.5 Å². The minimum Gasteiger partial charge on any atom is -0.489 e. The van der Waals surface area contributed by atoms with Gasteiger partial charge in [0.05, 0.1) is 10.0 Å². The molecule has 4 unspecified atom stereocenters. The van der Waals surface area contributed by atoms with Gasteiger partial charge in [0, 0.05) is 47.2 Å². The lowest BCUT2D eigenvalue weighted by Gasteiger charge is -2.25. The molecule has 0 spiro atoms. The summed E-state index contributed by atoms with van der Waals surface area (Å²) in [6.45, 7) is 4.16. The highest BCUT2D eigenvalue weighted by Gasteiger charge is 2.23. The van der Waals surface area contributed by atoms with E-state index in [1.54, 1.807) is 50.5 Å². The van der Waals surface area contributed by atoms with Gasteiger partial charge in [0.25, 0.3) is 0 Å². The van der Waals surface area contributed by atoms with Gasteiger partial charge in [0.1, 0.15) is 23.7 Å². The van der Waals surface area contributed by atoms with Crippen LogP contribution in [0.15, 0.2) is 48.6 Å². The van der Waals surface area contributed by atoms with Crippen molar-refractivity contribution in [2.45, 2.75) is 89.9 Å². The van der Waals surface area contributed by atoms with Gasteiger partial charge in [0.2, 0.25) is 0 Å². The Morgan fingerprint density at radius 2 is 1.09 bits per heavy atom. The van der Waals surface area contributed by atoms with Crippen LogP contribution in [0.1, 0.15) is 65.2 Å². The van der Waals surface area contributed by atoms with Gasteiger partial charge in [-0.25, -0.2) is 9.59 Å². The van der Waals surface area contributed by atoms with Crippen LogP contribution in [0.4, 0.5) is 0 Å². The number of hydrogen-bond donors (Lipinski definition) is 2. The van der Waals surface area contributed by atoms with Crippen molar-refractivity contribution in [3.05, 3.63) is 68.6 Å². The third-order valence-corrected chi connectivity index (χ3v) is 7.70. The molecule has 8 nitrogen and oxygen atoms in total. The second-order valence-corrected chi connectivity index (χ2v) is 11.8. The van der Waals surface area contributed by atoms with Crippen molar-refractivity contribution in [3.63, 3.8) is 0 Å². The Morgan fingerprint density at radius 3 is 1.43 bits per heavy atom. The molecule has 12 heteroatoms. The molecule has 0 bridgehead atoms. The van der Waals surface area contributed by atoms with E-state index in [4.69, 9.17) is 65.4 Å². The average Bonchev–Trinajstić information content (AvgIpc) is 3.00. The maximum atomic E-state index is 12.6. The Hall–Kier alpha value is -2.20. The Kier molecular flexibility index (Phi) is 17.9. The van der Waals surface area contributed by atoms with Crippen LogP contribution in [0.25, 0.3) is 0 Å². The molecular weight excluding hydrogens is 650 g/mol. The van der Waals surface area contributed by atoms with Crippen LogP contribution in [0, 0.1) is 0 Å². The smallest absolute Gasteiger partial charge is 0.332 e. The van der Waals surface area contributed by atoms with E-state index in [0.717, 1.165) is 50.7 Å². The highest BCUT2D eigenvalue weighted by Crippen LogP contribution is 2.31. The molecule has 0 amide bonds. The maximum absolute atomic E-state index is 12.6. The van der Waals surface area contributed by atoms with Crippen molar-refractivity contribution < 1.29 is 28.5 Å². The molecule has 0 heterocycles. The number of esters is 2. The molecule has 0 aliphatic rings. The number of rotatable bonds is 20. The summed E-state index contributed by atoms with van der Waals surface area (Å²) < 4.78 is 23.3. The fourth-order valence-corrected chi connectivity index (χ4v) is 4.88. The minimum atomic E-state index is -0.711. The molecule has 2 N–H and O–H groups in total. The predicted molar refractivity (Wildman–Crippen MR) is 177 cm³/mol. The molecule has 0 fully saturated rings.